The molecular formula is C37H43N3O11S. The number of hydrogen-bond acceptors (Lipinski definition) is 12. The van der Waals surface area contributed by atoms with Crippen molar-refractivity contribution in [3.8, 4) is 11.5 Å². The topological polar surface area (TPSA) is 161 Å². The van der Waals surface area contributed by atoms with Crippen molar-refractivity contribution in [2.75, 3.05) is 33.9 Å². The van der Waals surface area contributed by atoms with Crippen molar-refractivity contribution in [2.45, 2.75) is 69.8 Å². The van der Waals surface area contributed by atoms with Crippen molar-refractivity contribution < 1.29 is 52.8 Å². The van der Waals surface area contributed by atoms with Crippen molar-refractivity contribution >= 4 is 41.8 Å². The van der Waals surface area contributed by atoms with Crippen molar-refractivity contribution in [1.82, 2.24) is 14.7 Å². The molecule has 6 rings (SSSR count). The number of β-lactam (4-membered cyclic amide) rings is 1. The van der Waals surface area contributed by atoms with E-state index in [0.717, 1.165) is 12.0 Å². The van der Waals surface area contributed by atoms with E-state index in [1.165, 1.54) is 30.7 Å². The van der Waals surface area contributed by atoms with Crippen LogP contribution in [0.2, 0.25) is 0 Å². The van der Waals surface area contributed by atoms with Gasteiger partial charge in [0.1, 0.15) is 30.4 Å². The maximum atomic E-state index is 13.7. The predicted octanol–water partition coefficient (Wildman–Crippen LogP) is 4.09. The smallest absolute Gasteiger partial charge is 0.497 e. The highest BCUT2D eigenvalue weighted by Crippen LogP contribution is 2.52. The summed E-state index contributed by atoms with van der Waals surface area (Å²) in [6, 6.07) is 13.1. The fourth-order valence-corrected chi connectivity index (χ4v) is 8.88. The van der Waals surface area contributed by atoms with Crippen LogP contribution in [0.4, 0.5) is 9.59 Å². The Labute approximate surface area is 305 Å². The van der Waals surface area contributed by atoms with Crippen LogP contribution in [0.1, 0.15) is 44.2 Å². The third-order valence-corrected chi connectivity index (χ3v) is 11.5. The molecule has 0 saturated carbocycles. The van der Waals surface area contributed by atoms with Gasteiger partial charge in [-0.05, 0) is 55.2 Å². The van der Waals surface area contributed by atoms with Crippen LogP contribution in [0.5, 0.6) is 11.5 Å². The molecule has 0 aromatic heterocycles. The minimum Gasteiger partial charge on any atom is -0.497 e. The number of aliphatic hydroxyl groups excluding tert-OH is 1. The van der Waals surface area contributed by atoms with Crippen LogP contribution in [0, 0.1) is 11.8 Å². The van der Waals surface area contributed by atoms with Gasteiger partial charge in [0.2, 0.25) is 11.8 Å². The number of hydrogen-bond donors (Lipinski definition) is 1. The maximum Gasteiger partial charge on any atom is 0.516 e. The zero-order valence-corrected chi connectivity index (χ0v) is 30.3. The Morgan fingerprint density at radius 3 is 2.12 bits per heavy atom. The van der Waals surface area contributed by atoms with E-state index in [1.54, 1.807) is 53.3 Å². The number of fused-ring (bicyclic) bond motifs is 1. The van der Waals surface area contributed by atoms with Gasteiger partial charge in [0.25, 0.3) is 0 Å². The lowest BCUT2D eigenvalue weighted by atomic mass is 9.79. The zero-order chi connectivity index (χ0) is 37.1. The Morgan fingerprint density at radius 2 is 1.56 bits per heavy atom. The molecule has 3 saturated heterocycles. The minimum atomic E-state index is -1.23. The first-order valence-corrected chi connectivity index (χ1v) is 18.1. The van der Waals surface area contributed by atoms with Crippen molar-refractivity contribution in [3.05, 3.63) is 70.3 Å². The standard InChI is InChI=1S/C37H43N3O11S/c1-21-31-30(22(2)41)34(43)40(31)32(35(44)51-37(46)50-20-24-9-13-27(48-4)14-10-24)33(21)52-28-16-25(17-38-15-5-6-29(38)42)39(18-28)36(45)49-19-23-7-11-26(47-3)12-8-23/h7-14,21-22,25,28,30-31,41H,5-6,15-20H2,1-4H3/t21-,22-,25+,28+,30-,31-/m1/s1. The van der Waals surface area contributed by atoms with Crippen LogP contribution >= 0.6 is 11.8 Å². The quantitative estimate of drug-likeness (QED) is 0.189. The van der Waals surface area contributed by atoms with Crippen LogP contribution in [0.25, 0.3) is 0 Å². The lowest BCUT2D eigenvalue weighted by Crippen LogP contribution is -2.63. The van der Waals surface area contributed by atoms with E-state index < -0.39 is 42.2 Å². The Hall–Kier alpha value is -4.76. The second-order valence-corrected chi connectivity index (χ2v) is 14.7. The van der Waals surface area contributed by atoms with E-state index in [2.05, 4.69) is 0 Å². The van der Waals surface area contributed by atoms with E-state index in [0.29, 0.717) is 47.9 Å². The summed E-state index contributed by atoms with van der Waals surface area (Å²) < 4.78 is 26.4. The molecular weight excluding hydrogens is 694 g/mol. The van der Waals surface area contributed by atoms with Crippen LogP contribution in [-0.4, -0.2) is 107 Å². The predicted molar refractivity (Wildman–Crippen MR) is 187 cm³/mol. The summed E-state index contributed by atoms with van der Waals surface area (Å²) in [6.07, 6.45) is -1.03. The third-order valence-electron chi connectivity index (χ3n) is 10.0. The number of nitrogens with zero attached hydrogens (tertiary/aromatic N) is 3. The molecule has 0 aliphatic carbocycles. The van der Waals surface area contributed by atoms with Crippen molar-refractivity contribution in [3.63, 3.8) is 0 Å². The molecule has 2 aromatic rings. The van der Waals surface area contributed by atoms with Gasteiger partial charge in [-0.2, -0.15) is 0 Å². The number of amides is 3. The third kappa shape index (κ3) is 7.70. The van der Waals surface area contributed by atoms with E-state index in [9.17, 15) is 29.1 Å². The van der Waals surface area contributed by atoms with Gasteiger partial charge >= 0.3 is 18.2 Å². The second kappa shape index (κ2) is 15.9. The summed E-state index contributed by atoms with van der Waals surface area (Å²) in [4.78, 5) is 71.0. The highest BCUT2D eigenvalue weighted by Gasteiger charge is 2.61. The van der Waals surface area contributed by atoms with E-state index >= 15 is 0 Å². The molecule has 3 amide bonds. The largest absolute Gasteiger partial charge is 0.516 e. The first kappa shape index (κ1) is 37.0. The van der Waals surface area contributed by atoms with Gasteiger partial charge in [-0.25, -0.2) is 14.4 Å². The number of likely N-dealkylation sites (tertiary alicyclic amines) is 2. The SMILES string of the molecule is COc1ccc(COC(=O)OC(=O)C2=C(S[C@H]3C[C@@H](CN4CCCC4=O)N(C(=O)OCc4ccc(OC)cc4)C3)[C@H](C)[C@@H]3[C@@H]([C@@H](C)O)C(=O)N23)cc1. The van der Waals surface area contributed by atoms with E-state index in [4.69, 9.17) is 23.7 Å². The molecule has 3 fully saturated rings. The summed E-state index contributed by atoms with van der Waals surface area (Å²) in [5.41, 5.74) is 1.35. The number of methoxy groups -OCH3 is 2. The van der Waals surface area contributed by atoms with E-state index in [-0.39, 0.29) is 48.6 Å². The van der Waals surface area contributed by atoms with E-state index in [1.807, 2.05) is 19.1 Å². The molecule has 4 aliphatic heterocycles. The molecule has 14 nitrogen and oxygen atoms in total. The molecule has 4 heterocycles. The number of ether oxygens (including phenoxy) is 5. The normalized spacial score (nSPS) is 24.4. The maximum absolute atomic E-state index is 13.7. The number of benzene rings is 2. The fourth-order valence-electron chi connectivity index (χ4n) is 7.32. The monoisotopic (exact) mass is 737 g/mol. The lowest BCUT2D eigenvalue weighted by molar-refractivity contribution is -0.163. The number of carbonyl (C=O) groups excluding carboxylic acids is 5. The van der Waals surface area contributed by atoms with Gasteiger partial charge in [-0.1, -0.05) is 31.2 Å². The van der Waals surface area contributed by atoms with Crippen LogP contribution < -0.4 is 9.47 Å². The Balaban J connectivity index is 1.19. The summed E-state index contributed by atoms with van der Waals surface area (Å²) in [6.45, 7) is 4.47. The first-order chi connectivity index (χ1) is 25.0. The molecule has 0 spiro atoms. The Bertz CT molecular complexity index is 1710. The molecule has 0 radical (unpaired) electrons. The molecule has 1 N–H and O–H groups in total. The molecule has 15 heteroatoms. The van der Waals surface area contributed by atoms with Gasteiger partial charge in [0.05, 0.1) is 38.3 Å². The van der Waals surface area contributed by atoms with Gasteiger partial charge in [0.15, 0.2) is 0 Å². The molecule has 0 bridgehead atoms. The number of thioether (sulfide) groups is 1. The van der Waals surface area contributed by atoms with Crippen molar-refractivity contribution in [2.24, 2.45) is 11.8 Å². The number of rotatable bonds is 12. The van der Waals surface area contributed by atoms with Gasteiger partial charge < -0.3 is 43.5 Å². The molecule has 0 unspecified atom stereocenters. The summed E-state index contributed by atoms with van der Waals surface area (Å²) in [5, 5.41) is 10.2. The van der Waals surface area contributed by atoms with Crippen molar-refractivity contribution in [1.29, 1.82) is 0 Å². The van der Waals surface area contributed by atoms with Gasteiger partial charge in [0, 0.05) is 42.1 Å². The second-order valence-electron chi connectivity index (χ2n) is 13.4. The Morgan fingerprint density at radius 1 is 0.942 bits per heavy atom. The molecule has 278 valence electrons. The number of aliphatic hydroxyl groups is 1. The van der Waals surface area contributed by atoms with Gasteiger partial charge in [-0.3, -0.25) is 9.59 Å². The summed E-state index contributed by atoms with van der Waals surface area (Å²) in [7, 11) is 3.11. The molecule has 52 heavy (non-hydrogen) atoms. The summed E-state index contributed by atoms with van der Waals surface area (Å²) >= 11 is 1.34. The number of carbonyl (C=O) groups is 5. The van der Waals surface area contributed by atoms with Crippen LogP contribution in [0.15, 0.2) is 59.1 Å². The zero-order valence-electron chi connectivity index (χ0n) is 29.5. The van der Waals surface area contributed by atoms with Gasteiger partial charge in [-0.15, -0.1) is 11.8 Å². The summed E-state index contributed by atoms with van der Waals surface area (Å²) in [5.74, 6) is -1.26. The van der Waals surface area contributed by atoms with Crippen LogP contribution in [-0.2, 0) is 41.8 Å². The number of esters is 1. The average molecular weight is 738 g/mol. The highest BCUT2D eigenvalue weighted by atomic mass is 32.2. The highest BCUT2D eigenvalue weighted by molar-refractivity contribution is 8.03. The minimum absolute atomic E-state index is 0.0331. The van der Waals surface area contributed by atoms with Crippen LogP contribution in [0.3, 0.4) is 0 Å². The molecule has 6 atom stereocenters. The lowest BCUT2D eigenvalue weighted by Gasteiger charge is -2.46. The average Bonchev–Trinajstić information content (AvgIpc) is 3.80. The molecule has 2 aromatic carbocycles. The molecule has 4 aliphatic rings. The Kier molecular flexibility index (Phi) is 11.3. The fraction of sp³-hybridized carbons (Fsp3) is 0.486. The first-order valence-electron chi connectivity index (χ1n) is 17.3.